The Balaban J connectivity index is 1.85. The summed E-state index contributed by atoms with van der Waals surface area (Å²) in [4.78, 5) is 8.07. The molecule has 0 atom stereocenters. The van der Waals surface area contributed by atoms with E-state index in [0.717, 1.165) is 5.56 Å². The minimum atomic E-state index is -3.51. The summed E-state index contributed by atoms with van der Waals surface area (Å²) in [5.41, 5.74) is 1.23. The zero-order chi connectivity index (χ0) is 16.0. The summed E-state index contributed by atoms with van der Waals surface area (Å²) in [6, 6.07) is 8.50. The van der Waals surface area contributed by atoms with Crippen molar-refractivity contribution >= 4 is 15.8 Å². The molecule has 0 aliphatic heterocycles. The molecule has 8 heteroatoms. The molecule has 2 aromatic rings. The van der Waals surface area contributed by atoms with Crippen molar-refractivity contribution in [3.8, 4) is 6.07 Å². The van der Waals surface area contributed by atoms with E-state index in [0.29, 0.717) is 12.4 Å². The highest BCUT2D eigenvalue weighted by molar-refractivity contribution is 7.89. The van der Waals surface area contributed by atoms with Gasteiger partial charge in [-0.1, -0.05) is 17.7 Å². The minimum absolute atomic E-state index is 0.206. The number of nitriles is 1. The lowest BCUT2D eigenvalue weighted by Gasteiger charge is -2.08. The summed E-state index contributed by atoms with van der Waals surface area (Å²) in [6.07, 6.45) is 2.77. The number of anilines is 1. The molecule has 2 rings (SSSR count). The first-order valence-corrected chi connectivity index (χ1v) is 8.02. The van der Waals surface area contributed by atoms with Crippen molar-refractivity contribution in [3.05, 3.63) is 47.9 Å². The number of benzene rings is 1. The van der Waals surface area contributed by atoms with Crippen LogP contribution < -0.4 is 10.0 Å². The lowest BCUT2D eigenvalue weighted by molar-refractivity contribution is 0.583. The van der Waals surface area contributed by atoms with Crippen molar-refractivity contribution in [2.45, 2.75) is 11.8 Å². The lowest BCUT2D eigenvalue weighted by atomic mass is 10.2. The maximum Gasteiger partial charge on any atom is 0.240 e. The quantitative estimate of drug-likeness (QED) is 0.771. The van der Waals surface area contributed by atoms with Gasteiger partial charge < -0.3 is 5.32 Å². The molecule has 7 nitrogen and oxygen atoms in total. The van der Waals surface area contributed by atoms with Crippen LogP contribution in [-0.4, -0.2) is 31.5 Å². The first kappa shape index (κ1) is 15.9. The number of aromatic nitrogens is 2. The molecule has 0 fully saturated rings. The average Bonchev–Trinajstić information content (AvgIpc) is 2.52. The second kappa shape index (κ2) is 6.98. The SMILES string of the molecule is Cc1ccc(S(=O)(=O)NCCNc2cnc(C#N)cn2)cc1. The van der Waals surface area contributed by atoms with Crippen LogP contribution in [-0.2, 0) is 10.0 Å². The first-order chi connectivity index (χ1) is 10.5. The highest BCUT2D eigenvalue weighted by Gasteiger charge is 2.12. The molecule has 1 aromatic heterocycles. The molecule has 2 N–H and O–H groups in total. The number of hydrogen-bond acceptors (Lipinski definition) is 6. The maximum absolute atomic E-state index is 12.0. The topological polar surface area (TPSA) is 108 Å². The Labute approximate surface area is 129 Å². The van der Waals surface area contributed by atoms with Crippen LogP contribution in [0.2, 0.25) is 0 Å². The molecule has 114 valence electrons. The van der Waals surface area contributed by atoms with Crippen LogP contribution in [0.25, 0.3) is 0 Å². The van der Waals surface area contributed by atoms with E-state index >= 15 is 0 Å². The first-order valence-electron chi connectivity index (χ1n) is 6.53. The Morgan fingerprint density at radius 3 is 2.45 bits per heavy atom. The summed E-state index contributed by atoms with van der Waals surface area (Å²) >= 11 is 0. The van der Waals surface area contributed by atoms with Gasteiger partial charge in [0.05, 0.1) is 17.3 Å². The number of aryl methyl sites for hydroxylation is 1. The van der Waals surface area contributed by atoms with Crippen molar-refractivity contribution in [3.63, 3.8) is 0 Å². The largest absolute Gasteiger partial charge is 0.367 e. The standard InChI is InChI=1S/C14H15N5O2S/c1-11-2-4-13(5-3-11)22(20,21)19-7-6-16-14-10-17-12(8-15)9-18-14/h2-5,9-10,19H,6-7H2,1H3,(H,16,18). The van der Waals surface area contributed by atoms with Crippen molar-refractivity contribution in [1.29, 1.82) is 5.26 Å². The van der Waals surface area contributed by atoms with E-state index in [2.05, 4.69) is 20.0 Å². The summed E-state index contributed by atoms with van der Waals surface area (Å²) < 4.78 is 26.6. The highest BCUT2D eigenvalue weighted by Crippen LogP contribution is 2.09. The molecule has 0 aliphatic carbocycles. The Bertz CT molecular complexity index is 764. The Kier molecular flexibility index (Phi) is 5.04. The third-order valence-electron chi connectivity index (χ3n) is 2.82. The Morgan fingerprint density at radius 2 is 1.86 bits per heavy atom. The van der Waals surface area contributed by atoms with E-state index in [1.165, 1.54) is 12.4 Å². The van der Waals surface area contributed by atoms with Crippen LogP contribution in [0.1, 0.15) is 11.3 Å². The molecule has 0 saturated heterocycles. The van der Waals surface area contributed by atoms with Gasteiger partial charge in [0.2, 0.25) is 10.0 Å². The van der Waals surface area contributed by atoms with E-state index in [9.17, 15) is 8.42 Å². The van der Waals surface area contributed by atoms with Gasteiger partial charge in [-0.2, -0.15) is 5.26 Å². The van der Waals surface area contributed by atoms with Crippen LogP contribution in [0.4, 0.5) is 5.82 Å². The lowest BCUT2D eigenvalue weighted by Crippen LogP contribution is -2.29. The van der Waals surface area contributed by atoms with E-state index in [4.69, 9.17) is 5.26 Å². The molecule has 22 heavy (non-hydrogen) atoms. The summed E-state index contributed by atoms with van der Waals surface area (Å²) in [7, 11) is -3.51. The van der Waals surface area contributed by atoms with Gasteiger partial charge in [-0.05, 0) is 19.1 Å². The predicted octanol–water partition coefficient (Wildman–Crippen LogP) is 1.05. The fourth-order valence-corrected chi connectivity index (χ4v) is 2.69. The van der Waals surface area contributed by atoms with Crippen molar-refractivity contribution in [2.75, 3.05) is 18.4 Å². The maximum atomic E-state index is 12.0. The monoisotopic (exact) mass is 317 g/mol. The van der Waals surface area contributed by atoms with Crippen LogP contribution in [0.3, 0.4) is 0 Å². The van der Waals surface area contributed by atoms with E-state index in [1.807, 2.05) is 13.0 Å². The van der Waals surface area contributed by atoms with Gasteiger partial charge in [0, 0.05) is 13.1 Å². The Hall–Kier alpha value is -2.50. The minimum Gasteiger partial charge on any atom is -0.367 e. The summed E-state index contributed by atoms with van der Waals surface area (Å²) in [6.45, 7) is 2.45. The molecule has 0 spiro atoms. The summed E-state index contributed by atoms with van der Waals surface area (Å²) in [5.74, 6) is 0.480. The van der Waals surface area contributed by atoms with E-state index in [1.54, 1.807) is 24.3 Å². The number of nitrogens with zero attached hydrogens (tertiary/aromatic N) is 3. The van der Waals surface area contributed by atoms with Gasteiger partial charge in [-0.3, -0.25) is 0 Å². The average molecular weight is 317 g/mol. The second-order valence-corrected chi connectivity index (χ2v) is 6.30. The Morgan fingerprint density at radius 1 is 1.14 bits per heavy atom. The fourth-order valence-electron chi connectivity index (χ4n) is 1.65. The van der Waals surface area contributed by atoms with Gasteiger partial charge in [-0.25, -0.2) is 23.1 Å². The summed E-state index contributed by atoms with van der Waals surface area (Å²) in [5, 5.41) is 11.5. The molecule has 0 unspecified atom stereocenters. The molecular weight excluding hydrogens is 302 g/mol. The number of nitrogens with one attached hydrogen (secondary N) is 2. The molecule has 0 bridgehead atoms. The number of rotatable bonds is 6. The van der Waals surface area contributed by atoms with Gasteiger partial charge in [0.1, 0.15) is 11.9 Å². The molecular formula is C14H15N5O2S. The third kappa shape index (κ3) is 4.25. The second-order valence-electron chi connectivity index (χ2n) is 4.54. The zero-order valence-corrected chi connectivity index (χ0v) is 12.8. The number of sulfonamides is 1. The van der Waals surface area contributed by atoms with Gasteiger partial charge in [0.15, 0.2) is 5.69 Å². The van der Waals surface area contributed by atoms with Gasteiger partial charge in [-0.15, -0.1) is 0 Å². The van der Waals surface area contributed by atoms with E-state index in [-0.39, 0.29) is 17.1 Å². The van der Waals surface area contributed by atoms with Crippen molar-refractivity contribution in [2.24, 2.45) is 0 Å². The normalized spacial score (nSPS) is 10.9. The van der Waals surface area contributed by atoms with Crippen LogP contribution >= 0.6 is 0 Å². The predicted molar refractivity (Wildman–Crippen MR) is 81.6 cm³/mol. The van der Waals surface area contributed by atoms with Crippen molar-refractivity contribution < 1.29 is 8.42 Å². The molecule has 0 aliphatic rings. The van der Waals surface area contributed by atoms with Crippen molar-refractivity contribution in [1.82, 2.24) is 14.7 Å². The molecule has 1 heterocycles. The number of hydrogen-bond donors (Lipinski definition) is 2. The smallest absolute Gasteiger partial charge is 0.240 e. The van der Waals surface area contributed by atoms with Crippen LogP contribution in [0.5, 0.6) is 0 Å². The van der Waals surface area contributed by atoms with E-state index < -0.39 is 10.0 Å². The highest BCUT2D eigenvalue weighted by atomic mass is 32.2. The van der Waals surface area contributed by atoms with Gasteiger partial charge >= 0.3 is 0 Å². The van der Waals surface area contributed by atoms with Gasteiger partial charge in [0.25, 0.3) is 0 Å². The third-order valence-corrected chi connectivity index (χ3v) is 4.30. The van der Waals surface area contributed by atoms with Crippen LogP contribution in [0.15, 0.2) is 41.6 Å². The molecule has 0 saturated carbocycles. The fraction of sp³-hybridized carbons (Fsp3) is 0.214. The molecule has 0 amide bonds. The zero-order valence-electron chi connectivity index (χ0n) is 11.9. The molecule has 0 radical (unpaired) electrons. The van der Waals surface area contributed by atoms with Crippen LogP contribution in [0, 0.1) is 18.3 Å². The molecule has 1 aromatic carbocycles.